The molecular weight excluding hydrogens is 298 g/mol. The molecule has 1 heterocycles. The van der Waals surface area contributed by atoms with Crippen LogP contribution < -0.4 is 9.04 Å². The third-order valence-corrected chi connectivity index (χ3v) is 5.86. The lowest BCUT2D eigenvalue weighted by molar-refractivity contribution is 0.408. The number of hydrogen-bond donors (Lipinski definition) is 0. The van der Waals surface area contributed by atoms with E-state index in [4.69, 9.17) is 4.74 Å². The smallest absolute Gasteiger partial charge is 0.264 e. The van der Waals surface area contributed by atoms with Crippen molar-refractivity contribution in [3.8, 4) is 5.75 Å². The van der Waals surface area contributed by atoms with Gasteiger partial charge in [-0.15, -0.1) is 0 Å². The van der Waals surface area contributed by atoms with E-state index in [1.165, 1.54) is 4.31 Å². The minimum absolute atomic E-state index is 0.319. The molecule has 1 aliphatic rings. The summed E-state index contributed by atoms with van der Waals surface area (Å²) in [5.74, 6) is 0.737. The molecule has 0 atom stereocenters. The predicted octanol–water partition coefficient (Wildman–Crippen LogP) is 3.06. The summed E-state index contributed by atoms with van der Waals surface area (Å²) in [6.07, 6.45) is 0.753. The summed E-state index contributed by atoms with van der Waals surface area (Å²) >= 11 is 0. The Morgan fingerprint density at radius 2 is 1.73 bits per heavy atom. The van der Waals surface area contributed by atoms with Crippen molar-refractivity contribution in [3.05, 3.63) is 53.1 Å². The SMILES string of the molecule is COc1c(C)cc(S(=O)(=O)N2CCc3ccccc32)cc1C. The number of methoxy groups -OCH3 is 1. The van der Waals surface area contributed by atoms with Crippen molar-refractivity contribution in [2.24, 2.45) is 0 Å². The summed E-state index contributed by atoms with van der Waals surface area (Å²) in [4.78, 5) is 0.319. The molecule has 22 heavy (non-hydrogen) atoms. The average molecular weight is 317 g/mol. The zero-order valence-electron chi connectivity index (χ0n) is 13.0. The molecule has 0 amide bonds. The second kappa shape index (κ2) is 5.32. The molecule has 0 saturated heterocycles. The van der Waals surface area contributed by atoms with Crippen LogP contribution in [0.2, 0.25) is 0 Å². The number of benzene rings is 2. The van der Waals surface area contributed by atoms with E-state index in [1.807, 2.05) is 38.1 Å². The van der Waals surface area contributed by atoms with E-state index in [-0.39, 0.29) is 0 Å². The van der Waals surface area contributed by atoms with Crippen LogP contribution in [0.25, 0.3) is 0 Å². The third-order valence-electron chi connectivity index (χ3n) is 4.07. The average Bonchev–Trinajstić information content (AvgIpc) is 2.91. The summed E-state index contributed by atoms with van der Waals surface area (Å²) < 4.78 is 32.8. The van der Waals surface area contributed by atoms with Crippen LogP contribution in [0.1, 0.15) is 16.7 Å². The van der Waals surface area contributed by atoms with Crippen LogP contribution in [0.3, 0.4) is 0 Å². The molecule has 3 rings (SSSR count). The Morgan fingerprint density at radius 1 is 1.09 bits per heavy atom. The van der Waals surface area contributed by atoms with Gasteiger partial charge in [0.05, 0.1) is 17.7 Å². The van der Waals surface area contributed by atoms with Gasteiger partial charge in [-0.3, -0.25) is 4.31 Å². The van der Waals surface area contributed by atoms with Crippen LogP contribution >= 0.6 is 0 Å². The third kappa shape index (κ3) is 2.25. The lowest BCUT2D eigenvalue weighted by Crippen LogP contribution is -2.29. The van der Waals surface area contributed by atoms with Gasteiger partial charge in [-0.25, -0.2) is 8.42 Å². The molecule has 0 unspecified atom stereocenters. The maximum atomic E-state index is 13.0. The fourth-order valence-electron chi connectivity index (χ4n) is 3.07. The Morgan fingerprint density at radius 3 is 2.36 bits per heavy atom. The van der Waals surface area contributed by atoms with Gasteiger partial charge in [-0.1, -0.05) is 18.2 Å². The van der Waals surface area contributed by atoms with Crippen molar-refractivity contribution >= 4 is 15.7 Å². The first-order valence-corrected chi connectivity index (χ1v) is 8.65. The topological polar surface area (TPSA) is 46.6 Å². The van der Waals surface area contributed by atoms with Crippen LogP contribution in [0.15, 0.2) is 41.3 Å². The van der Waals surface area contributed by atoms with Crippen molar-refractivity contribution in [1.82, 2.24) is 0 Å². The number of para-hydroxylation sites is 1. The zero-order valence-corrected chi connectivity index (χ0v) is 13.8. The van der Waals surface area contributed by atoms with Gasteiger partial charge in [-0.2, -0.15) is 0 Å². The van der Waals surface area contributed by atoms with Gasteiger partial charge in [-0.05, 0) is 55.2 Å². The second-order valence-electron chi connectivity index (χ2n) is 5.55. The van der Waals surface area contributed by atoms with Gasteiger partial charge in [0.2, 0.25) is 0 Å². The molecule has 116 valence electrons. The number of anilines is 1. The zero-order chi connectivity index (χ0) is 15.9. The highest BCUT2D eigenvalue weighted by Crippen LogP contribution is 2.34. The van der Waals surface area contributed by atoms with Gasteiger partial charge in [0.15, 0.2) is 0 Å². The van der Waals surface area contributed by atoms with E-state index < -0.39 is 10.0 Å². The minimum atomic E-state index is -3.54. The fourth-order valence-corrected chi connectivity index (χ4v) is 4.74. The van der Waals surface area contributed by atoms with Crippen LogP contribution in [0.5, 0.6) is 5.75 Å². The fraction of sp³-hybridized carbons (Fsp3) is 0.294. The molecule has 0 N–H and O–H groups in total. The molecule has 0 aromatic heterocycles. The Kier molecular flexibility index (Phi) is 3.60. The normalized spacial score (nSPS) is 14.0. The molecule has 2 aromatic carbocycles. The molecule has 0 aliphatic carbocycles. The molecule has 0 saturated carbocycles. The minimum Gasteiger partial charge on any atom is -0.496 e. The molecule has 0 bridgehead atoms. The predicted molar refractivity (Wildman–Crippen MR) is 87.1 cm³/mol. The maximum absolute atomic E-state index is 13.0. The molecule has 1 aliphatic heterocycles. The van der Waals surface area contributed by atoms with Crippen LogP contribution in [-0.2, 0) is 16.4 Å². The van der Waals surface area contributed by atoms with E-state index in [1.54, 1.807) is 19.2 Å². The molecule has 2 aromatic rings. The van der Waals surface area contributed by atoms with Crippen molar-refractivity contribution in [2.75, 3.05) is 18.0 Å². The lowest BCUT2D eigenvalue weighted by atomic mass is 10.1. The number of ether oxygens (including phenoxy) is 1. The van der Waals surface area contributed by atoms with E-state index in [0.717, 1.165) is 34.5 Å². The van der Waals surface area contributed by atoms with Crippen LogP contribution in [0, 0.1) is 13.8 Å². The Bertz CT molecular complexity index is 805. The molecular formula is C17H19NO3S. The standard InChI is InChI=1S/C17H19NO3S/c1-12-10-15(11-13(2)17(12)21-3)22(19,20)18-9-8-14-6-4-5-7-16(14)18/h4-7,10-11H,8-9H2,1-3H3. The number of rotatable bonds is 3. The lowest BCUT2D eigenvalue weighted by Gasteiger charge is -2.21. The highest BCUT2D eigenvalue weighted by Gasteiger charge is 2.31. The quantitative estimate of drug-likeness (QED) is 0.874. The number of fused-ring (bicyclic) bond motifs is 1. The second-order valence-corrected chi connectivity index (χ2v) is 7.41. The number of hydrogen-bond acceptors (Lipinski definition) is 3. The molecule has 4 nitrogen and oxygen atoms in total. The van der Waals surface area contributed by atoms with Crippen molar-refractivity contribution in [2.45, 2.75) is 25.2 Å². The van der Waals surface area contributed by atoms with Crippen molar-refractivity contribution in [1.29, 1.82) is 0 Å². The highest BCUT2D eigenvalue weighted by atomic mass is 32.2. The maximum Gasteiger partial charge on any atom is 0.264 e. The summed E-state index contributed by atoms with van der Waals surface area (Å²) in [7, 11) is -1.95. The Labute approximate surface area is 131 Å². The summed E-state index contributed by atoms with van der Waals surface area (Å²) in [6.45, 7) is 4.22. The highest BCUT2D eigenvalue weighted by molar-refractivity contribution is 7.92. The van der Waals surface area contributed by atoms with Gasteiger partial charge >= 0.3 is 0 Å². The van der Waals surface area contributed by atoms with E-state index in [9.17, 15) is 8.42 Å². The molecule has 0 spiro atoms. The van der Waals surface area contributed by atoms with E-state index >= 15 is 0 Å². The number of nitrogens with zero attached hydrogens (tertiary/aromatic N) is 1. The molecule has 0 fully saturated rings. The van der Waals surface area contributed by atoms with Gasteiger partial charge in [0, 0.05) is 6.54 Å². The summed E-state index contributed by atoms with van der Waals surface area (Å²) in [6, 6.07) is 11.0. The number of aryl methyl sites for hydroxylation is 2. The first-order chi connectivity index (χ1) is 10.4. The first-order valence-electron chi connectivity index (χ1n) is 7.21. The van der Waals surface area contributed by atoms with Crippen molar-refractivity contribution in [3.63, 3.8) is 0 Å². The van der Waals surface area contributed by atoms with Gasteiger partial charge in [0.25, 0.3) is 10.0 Å². The molecule has 5 heteroatoms. The largest absolute Gasteiger partial charge is 0.496 e. The van der Waals surface area contributed by atoms with E-state index in [0.29, 0.717) is 11.4 Å². The monoisotopic (exact) mass is 317 g/mol. The van der Waals surface area contributed by atoms with Crippen molar-refractivity contribution < 1.29 is 13.2 Å². The van der Waals surface area contributed by atoms with Crippen LogP contribution in [-0.4, -0.2) is 22.1 Å². The first kappa shape index (κ1) is 14.9. The number of sulfonamides is 1. The Hall–Kier alpha value is -2.01. The van der Waals surface area contributed by atoms with Gasteiger partial charge < -0.3 is 4.74 Å². The van der Waals surface area contributed by atoms with Gasteiger partial charge in [0.1, 0.15) is 5.75 Å². The van der Waals surface area contributed by atoms with E-state index in [2.05, 4.69) is 0 Å². The summed E-state index contributed by atoms with van der Waals surface area (Å²) in [5.41, 5.74) is 3.52. The summed E-state index contributed by atoms with van der Waals surface area (Å²) in [5, 5.41) is 0. The Balaban J connectivity index is 2.09. The molecule has 0 radical (unpaired) electrons. The van der Waals surface area contributed by atoms with Crippen LogP contribution in [0.4, 0.5) is 5.69 Å².